The molecule has 0 fully saturated rings. The van der Waals surface area contributed by atoms with Crippen molar-refractivity contribution in [2.45, 2.75) is 19.0 Å². The summed E-state index contributed by atoms with van der Waals surface area (Å²) in [6.45, 7) is 0.613. The Hall–Kier alpha value is -1.86. The first kappa shape index (κ1) is 15.2. The average Bonchev–Trinajstić information content (AvgIpc) is 2.87. The first-order chi connectivity index (χ1) is 9.13. The first-order valence-electron chi connectivity index (χ1n) is 5.76. The van der Waals surface area contributed by atoms with Gasteiger partial charge in [0.1, 0.15) is 18.4 Å². The first-order valence-corrected chi connectivity index (χ1v) is 5.76. The van der Waals surface area contributed by atoms with Crippen LogP contribution < -0.4 is 5.32 Å². The Morgan fingerprint density at radius 3 is 2.84 bits per heavy atom. The summed E-state index contributed by atoms with van der Waals surface area (Å²) < 4.78 is 14.7. The van der Waals surface area contributed by atoms with Crippen LogP contribution in [0.3, 0.4) is 0 Å². The molecule has 7 heteroatoms. The Morgan fingerprint density at radius 2 is 2.26 bits per heavy atom. The number of esters is 1. The van der Waals surface area contributed by atoms with Crippen LogP contribution in [0.15, 0.2) is 22.8 Å². The average molecular weight is 271 g/mol. The third-order valence-corrected chi connectivity index (χ3v) is 2.30. The van der Waals surface area contributed by atoms with Crippen molar-refractivity contribution in [3.63, 3.8) is 0 Å². The maximum absolute atomic E-state index is 11.7. The van der Waals surface area contributed by atoms with Crippen LogP contribution in [0.25, 0.3) is 0 Å². The number of rotatable bonds is 9. The zero-order chi connectivity index (χ0) is 14.1. The van der Waals surface area contributed by atoms with E-state index in [1.54, 1.807) is 12.1 Å². The molecular formula is C12H17NO6. The van der Waals surface area contributed by atoms with Gasteiger partial charge in [-0.2, -0.15) is 0 Å². The van der Waals surface area contributed by atoms with E-state index in [1.165, 1.54) is 13.4 Å². The Kier molecular flexibility index (Phi) is 6.62. The summed E-state index contributed by atoms with van der Waals surface area (Å²) in [4.78, 5) is 22.4. The van der Waals surface area contributed by atoms with Gasteiger partial charge in [-0.3, -0.25) is 14.9 Å². The molecule has 7 nitrogen and oxygen atoms in total. The maximum Gasteiger partial charge on any atom is 0.323 e. The van der Waals surface area contributed by atoms with Crippen LogP contribution in [0.1, 0.15) is 12.2 Å². The van der Waals surface area contributed by atoms with Gasteiger partial charge in [-0.1, -0.05) is 0 Å². The number of ether oxygens (including phenoxy) is 2. The summed E-state index contributed by atoms with van der Waals surface area (Å²) in [7, 11) is 1.48. The quantitative estimate of drug-likeness (QED) is 0.495. The Labute approximate surface area is 110 Å². The predicted molar refractivity (Wildman–Crippen MR) is 64.4 cm³/mol. The zero-order valence-corrected chi connectivity index (χ0v) is 10.6. The van der Waals surface area contributed by atoms with Gasteiger partial charge in [0.2, 0.25) is 0 Å². The van der Waals surface area contributed by atoms with Crippen LogP contribution in [0, 0.1) is 0 Å². The van der Waals surface area contributed by atoms with Crippen molar-refractivity contribution in [2.24, 2.45) is 0 Å². The lowest BCUT2D eigenvalue weighted by Gasteiger charge is -2.15. The smallest absolute Gasteiger partial charge is 0.323 e. The van der Waals surface area contributed by atoms with Crippen molar-refractivity contribution >= 4 is 11.9 Å². The molecule has 1 rings (SSSR count). The van der Waals surface area contributed by atoms with Gasteiger partial charge in [0.15, 0.2) is 0 Å². The molecule has 0 amide bonds. The number of hydrogen-bond donors (Lipinski definition) is 2. The van der Waals surface area contributed by atoms with E-state index in [9.17, 15) is 9.59 Å². The molecule has 0 saturated carbocycles. The van der Waals surface area contributed by atoms with Gasteiger partial charge in [0, 0.05) is 7.11 Å². The van der Waals surface area contributed by atoms with Crippen LogP contribution in [0.2, 0.25) is 0 Å². The Morgan fingerprint density at radius 1 is 1.47 bits per heavy atom. The van der Waals surface area contributed by atoms with Gasteiger partial charge in [0.25, 0.3) is 0 Å². The minimum Gasteiger partial charge on any atom is -0.481 e. The van der Waals surface area contributed by atoms with Crippen molar-refractivity contribution in [1.29, 1.82) is 0 Å². The fraction of sp³-hybridized carbons (Fsp3) is 0.500. The lowest BCUT2D eigenvalue weighted by atomic mass is 10.2. The molecule has 0 aliphatic rings. The monoisotopic (exact) mass is 271 g/mol. The molecule has 0 saturated heterocycles. The summed E-state index contributed by atoms with van der Waals surface area (Å²) in [6.07, 6.45) is 1.15. The van der Waals surface area contributed by atoms with Crippen LogP contribution >= 0.6 is 0 Å². The molecule has 0 aliphatic carbocycles. The maximum atomic E-state index is 11.7. The van der Waals surface area contributed by atoms with E-state index in [1.807, 2.05) is 0 Å². The van der Waals surface area contributed by atoms with Gasteiger partial charge < -0.3 is 19.0 Å². The number of carbonyl (C=O) groups is 2. The standard InChI is InChI=1S/C12H17NO6/c1-17-5-6-19-12(16)10(7-11(14)15)13-8-9-3-2-4-18-9/h2-4,10,13H,5-8H2,1H3,(H,14,15). The molecule has 0 aromatic carbocycles. The second-order valence-electron chi connectivity index (χ2n) is 3.77. The van der Waals surface area contributed by atoms with Crippen molar-refractivity contribution in [1.82, 2.24) is 5.32 Å². The summed E-state index contributed by atoms with van der Waals surface area (Å²) in [5.74, 6) is -1.09. The zero-order valence-electron chi connectivity index (χ0n) is 10.6. The normalized spacial score (nSPS) is 12.1. The Balaban J connectivity index is 2.45. The van der Waals surface area contributed by atoms with E-state index >= 15 is 0 Å². The van der Waals surface area contributed by atoms with Crippen LogP contribution in [0.4, 0.5) is 0 Å². The number of carboxylic acids is 1. The van der Waals surface area contributed by atoms with Crippen LogP contribution in [-0.2, 0) is 25.6 Å². The largest absolute Gasteiger partial charge is 0.481 e. The van der Waals surface area contributed by atoms with Crippen molar-refractivity contribution in [3.05, 3.63) is 24.2 Å². The van der Waals surface area contributed by atoms with E-state index < -0.39 is 18.0 Å². The van der Waals surface area contributed by atoms with Gasteiger partial charge >= 0.3 is 11.9 Å². The third kappa shape index (κ3) is 6.03. The number of methoxy groups -OCH3 is 1. The van der Waals surface area contributed by atoms with E-state index in [2.05, 4.69) is 5.32 Å². The molecule has 0 radical (unpaired) electrons. The number of carboxylic acid groups (broad SMARTS) is 1. The molecule has 1 aromatic heterocycles. The molecule has 1 unspecified atom stereocenters. The van der Waals surface area contributed by atoms with E-state index in [4.69, 9.17) is 19.0 Å². The highest BCUT2D eigenvalue weighted by Gasteiger charge is 2.22. The third-order valence-electron chi connectivity index (χ3n) is 2.30. The van der Waals surface area contributed by atoms with E-state index in [0.29, 0.717) is 5.76 Å². The summed E-state index contributed by atoms with van der Waals surface area (Å²) in [5, 5.41) is 11.6. The highest BCUT2D eigenvalue weighted by atomic mass is 16.6. The molecule has 106 valence electrons. The highest BCUT2D eigenvalue weighted by Crippen LogP contribution is 2.02. The fourth-order valence-corrected chi connectivity index (χ4v) is 1.38. The predicted octanol–water partition coefficient (Wildman–Crippen LogP) is 0.402. The number of nitrogens with one attached hydrogen (secondary N) is 1. The van der Waals surface area contributed by atoms with E-state index in [0.717, 1.165) is 0 Å². The molecule has 0 aliphatic heterocycles. The summed E-state index contributed by atoms with van der Waals surface area (Å²) in [5.41, 5.74) is 0. The van der Waals surface area contributed by atoms with Gasteiger partial charge in [-0.15, -0.1) is 0 Å². The van der Waals surface area contributed by atoms with Gasteiger partial charge in [-0.25, -0.2) is 0 Å². The number of aliphatic carboxylic acids is 1. The second kappa shape index (κ2) is 8.28. The lowest BCUT2D eigenvalue weighted by Crippen LogP contribution is -2.39. The SMILES string of the molecule is COCCOC(=O)C(CC(=O)O)NCc1ccco1. The molecule has 1 aromatic rings. The molecule has 19 heavy (non-hydrogen) atoms. The van der Waals surface area contributed by atoms with Crippen molar-refractivity contribution in [2.75, 3.05) is 20.3 Å². The molecule has 1 atom stereocenters. The number of carbonyl (C=O) groups excluding carboxylic acids is 1. The highest BCUT2D eigenvalue weighted by molar-refractivity contribution is 5.81. The van der Waals surface area contributed by atoms with Gasteiger partial charge in [0.05, 0.1) is 25.8 Å². The van der Waals surface area contributed by atoms with Crippen molar-refractivity contribution < 1.29 is 28.6 Å². The minimum atomic E-state index is -1.08. The van der Waals surface area contributed by atoms with Crippen LogP contribution in [-0.4, -0.2) is 43.4 Å². The second-order valence-corrected chi connectivity index (χ2v) is 3.77. The molecule has 2 N–H and O–H groups in total. The van der Waals surface area contributed by atoms with Crippen LogP contribution in [0.5, 0.6) is 0 Å². The summed E-state index contributed by atoms with van der Waals surface area (Å²) in [6, 6.07) is 2.51. The summed E-state index contributed by atoms with van der Waals surface area (Å²) >= 11 is 0. The lowest BCUT2D eigenvalue weighted by molar-refractivity contribution is -0.151. The molecule has 1 heterocycles. The van der Waals surface area contributed by atoms with E-state index in [-0.39, 0.29) is 26.2 Å². The van der Waals surface area contributed by atoms with Crippen molar-refractivity contribution in [3.8, 4) is 0 Å². The minimum absolute atomic E-state index is 0.0912. The number of furan rings is 1. The van der Waals surface area contributed by atoms with Gasteiger partial charge in [-0.05, 0) is 12.1 Å². The molecule has 0 bridgehead atoms. The topological polar surface area (TPSA) is 98.0 Å². The fourth-order valence-electron chi connectivity index (χ4n) is 1.38. The number of hydrogen-bond acceptors (Lipinski definition) is 6. The molecular weight excluding hydrogens is 254 g/mol. The molecule has 0 spiro atoms. The Bertz CT molecular complexity index is 389.